The van der Waals surface area contributed by atoms with Gasteiger partial charge in [-0.25, -0.2) is 4.79 Å². The molecule has 0 amide bonds. The van der Waals surface area contributed by atoms with Crippen LogP contribution >= 0.6 is 0 Å². The summed E-state index contributed by atoms with van der Waals surface area (Å²) in [4.78, 5) is 26.4. The number of nitro benzene ring substituents is 1. The molecule has 0 atom stereocenters. The predicted octanol–water partition coefficient (Wildman–Crippen LogP) is 2.75. The number of benzene rings is 1. The molecule has 0 saturated heterocycles. The molecule has 21 heavy (non-hydrogen) atoms. The Morgan fingerprint density at radius 3 is 2.81 bits per heavy atom. The van der Waals surface area contributed by atoms with Crippen LogP contribution in [0.4, 0.5) is 11.4 Å². The van der Waals surface area contributed by atoms with E-state index in [0.29, 0.717) is 28.7 Å². The normalized spacial score (nSPS) is 10.4. The van der Waals surface area contributed by atoms with Gasteiger partial charge < -0.3 is 10.1 Å². The van der Waals surface area contributed by atoms with Crippen molar-refractivity contribution in [1.82, 2.24) is 4.98 Å². The zero-order valence-electron chi connectivity index (χ0n) is 11.8. The number of ether oxygens (including phenoxy) is 1. The fourth-order valence-electron chi connectivity index (χ4n) is 2.03. The zero-order chi connectivity index (χ0) is 15.4. The number of fused-ring (bicyclic) bond motifs is 1. The van der Waals surface area contributed by atoms with Crippen LogP contribution in [0.2, 0.25) is 0 Å². The molecule has 2 aromatic rings. The van der Waals surface area contributed by atoms with Crippen LogP contribution in [-0.2, 0) is 4.74 Å². The Labute approximate surface area is 121 Å². The first-order valence-corrected chi connectivity index (χ1v) is 6.56. The first-order valence-electron chi connectivity index (χ1n) is 6.56. The predicted molar refractivity (Wildman–Crippen MR) is 78.5 cm³/mol. The molecule has 0 saturated carbocycles. The largest absolute Gasteiger partial charge is 0.462 e. The molecule has 1 aromatic carbocycles. The molecule has 7 heteroatoms. The smallest absolute Gasteiger partial charge is 0.341 e. The van der Waals surface area contributed by atoms with Crippen molar-refractivity contribution in [2.24, 2.45) is 0 Å². The molecule has 0 aliphatic carbocycles. The topological polar surface area (TPSA) is 94.4 Å². The molecule has 0 aliphatic rings. The second kappa shape index (κ2) is 6.17. The van der Waals surface area contributed by atoms with Crippen LogP contribution in [0.3, 0.4) is 0 Å². The molecular weight excluding hydrogens is 274 g/mol. The van der Waals surface area contributed by atoms with E-state index in [4.69, 9.17) is 4.74 Å². The molecule has 1 heterocycles. The number of nitrogens with zero attached hydrogens (tertiary/aromatic N) is 2. The number of nitro groups is 1. The van der Waals surface area contributed by atoms with E-state index in [-0.39, 0.29) is 12.3 Å². The zero-order valence-corrected chi connectivity index (χ0v) is 11.8. The van der Waals surface area contributed by atoms with Gasteiger partial charge in [-0.3, -0.25) is 15.1 Å². The van der Waals surface area contributed by atoms with Crippen molar-refractivity contribution in [2.75, 3.05) is 18.5 Å². The summed E-state index contributed by atoms with van der Waals surface area (Å²) in [5, 5.41) is 14.5. The molecule has 0 aliphatic heterocycles. The Bertz CT molecular complexity index is 700. The monoisotopic (exact) mass is 289 g/mol. The highest BCUT2D eigenvalue weighted by Crippen LogP contribution is 2.29. The first-order chi connectivity index (χ1) is 10.1. The van der Waals surface area contributed by atoms with Crippen molar-refractivity contribution >= 4 is 28.2 Å². The van der Waals surface area contributed by atoms with E-state index < -0.39 is 10.9 Å². The number of pyridine rings is 1. The summed E-state index contributed by atoms with van der Waals surface area (Å²) in [5.41, 5.74) is 1.31. The van der Waals surface area contributed by atoms with E-state index in [2.05, 4.69) is 10.3 Å². The number of aromatic nitrogens is 1. The average molecular weight is 289 g/mol. The second-order valence-electron chi connectivity index (χ2n) is 4.26. The molecule has 0 spiro atoms. The molecule has 0 fully saturated rings. The molecule has 7 nitrogen and oxygen atoms in total. The van der Waals surface area contributed by atoms with Crippen LogP contribution in [-0.4, -0.2) is 29.0 Å². The highest BCUT2D eigenvalue weighted by atomic mass is 16.6. The summed E-state index contributed by atoms with van der Waals surface area (Å²) in [6, 6.07) is 4.35. The number of carbonyl (C=O) groups is 1. The van der Waals surface area contributed by atoms with Gasteiger partial charge >= 0.3 is 5.97 Å². The van der Waals surface area contributed by atoms with Gasteiger partial charge in [-0.15, -0.1) is 0 Å². The molecular formula is C14H15N3O4. The van der Waals surface area contributed by atoms with Crippen molar-refractivity contribution < 1.29 is 14.5 Å². The van der Waals surface area contributed by atoms with Crippen molar-refractivity contribution in [3.63, 3.8) is 0 Å². The Morgan fingerprint density at radius 2 is 2.19 bits per heavy atom. The molecule has 1 aromatic heterocycles. The van der Waals surface area contributed by atoms with Crippen LogP contribution < -0.4 is 5.32 Å². The summed E-state index contributed by atoms with van der Waals surface area (Å²) in [6.45, 7) is 4.49. The van der Waals surface area contributed by atoms with Gasteiger partial charge in [0.1, 0.15) is 5.56 Å². The van der Waals surface area contributed by atoms with Crippen LogP contribution in [0, 0.1) is 10.1 Å². The lowest BCUT2D eigenvalue weighted by molar-refractivity contribution is -0.384. The number of hydrogen-bond donors (Lipinski definition) is 1. The maximum atomic E-state index is 11.9. The van der Waals surface area contributed by atoms with Crippen molar-refractivity contribution in [2.45, 2.75) is 13.8 Å². The van der Waals surface area contributed by atoms with Gasteiger partial charge in [0.05, 0.1) is 22.7 Å². The molecule has 0 unspecified atom stereocenters. The number of carbonyl (C=O) groups excluding carboxylic acids is 1. The Morgan fingerprint density at radius 1 is 1.43 bits per heavy atom. The van der Waals surface area contributed by atoms with Crippen LogP contribution in [0.25, 0.3) is 10.9 Å². The van der Waals surface area contributed by atoms with E-state index >= 15 is 0 Å². The Kier molecular flexibility index (Phi) is 4.32. The maximum Gasteiger partial charge on any atom is 0.341 e. The second-order valence-corrected chi connectivity index (χ2v) is 4.26. The van der Waals surface area contributed by atoms with Crippen molar-refractivity contribution in [3.8, 4) is 0 Å². The summed E-state index contributed by atoms with van der Waals surface area (Å²) < 4.78 is 5.00. The van der Waals surface area contributed by atoms with Gasteiger partial charge in [0.2, 0.25) is 0 Å². The van der Waals surface area contributed by atoms with Gasteiger partial charge in [0.15, 0.2) is 0 Å². The minimum absolute atomic E-state index is 0.0404. The summed E-state index contributed by atoms with van der Waals surface area (Å²) >= 11 is 0. The molecule has 2 rings (SSSR count). The third kappa shape index (κ3) is 2.91. The number of anilines is 1. The SMILES string of the molecule is CCNc1c(C(=O)OCC)cnc2cc([N+](=O)[O-])ccc12. The lowest BCUT2D eigenvalue weighted by Gasteiger charge is -2.12. The van der Waals surface area contributed by atoms with Crippen molar-refractivity contribution in [1.29, 1.82) is 0 Å². The highest BCUT2D eigenvalue weighted by Gasteiger charge is 2.17. The van der Waals surface area contributed by atoms with E-state index in [9.17, 15) is 14.9 Å². The fraction of sp³-hybridized carbons (Fsp3) is 0.286. The number of nitrogens with one attached hydrogen (secondary N) is 1. The number of hydrogen-bond acceptors (Lipinski definition) is 6. The van der Waals surface area contributed by atoms with Gasteiger partial charge in [-0.1, -0.05) is 0 Å². The average Bonchev–Trinajstić information content (AvgIpc) is 2.47. The summed E-state index contributed by atoms with van der Waals surface area (Å²) in [5.74, 6) is -0.471. The minimum atomic E-state index is -0.479. The summed E-state index contributed by atoms with van der Waals surface area (Å²) in [6.07, 6.45) is 1.38. The molecule has 110 valence electrons. The van der Waals surface area contributed by atoms with Gasteiger partial charge in [-0.05, 0) is 19.9 Å². The molecule has 1 N–H and O–H groups in total. The summed E-state index contributed by atoms with van der Waals surface area (Å²) in [7, 11) is 0. The first kappa shape index (κ1) is 14.7. The van der Waals surface area contributed by atoms with Gasteiger partial charge in [-0.2, -0.15) is 0 Å². The lowest BCUT2D eigenvalue weighted by atomic mass is 10.1. The Balaban J connectivity index is 2.62. The Hall–Kier alpha value is -2.70. The lowest BCUT2D eigenvalue weighted by Crippen LogP contribution is -2.11. The van der Waals surface area contributed by atoms with E-state index in [1.165, 1.54) is 18.3 Å². The minimum Gasteiger partial charge on any atom is -0.462 e. The highest BCUT2D eigenvalue weighted by molar-refractivity contribution is 6.05. The molecule has 0 bridgehead atoms. The van der Waals surface area contributed by atoms with E-state index in [1.807, 2.05) is 6.92 Å². The van der Waals surface area contributed by atoms with E-state index in [0.717, 1.165) is 0 Å². The van der Waals surface area contributed by atoms with E-state index in [1.54, 1.807) is 13.0 Å². The van der Waals surface area contributed by atoms with Crippen molar-refractivity contribution in [3.05, 3.63) is 40.1 Å². The van der Waals surface area contributed by atoms with Crippen LogP contribution in [0.1, 0.15) is 24.2 Å². The number of non-ortho nitro benzene ring substituents is 1. The fourth-order valence-corrected chi connectivity index (χ4v) is 2.03. The number of esters is 1. The number of rotatable bonds is 5. The van der Waals surface area contributed by atoms with Crippen LogP contribution in [0.5, 0.6) is 0 Å². The van der Waals surface area contributed by atoms with Crippen LogP contribution in [0.15, 0.2) is 24.4 Å². The molecule has 0 radical (unpaired) electrons. The third-order valence-electron chi connectivity index (χ3n) is 2.91. The standard InChI is InChI=1S/C14H15N3O4/c1-3-15-13-10-6-5-9(17(19)20)7-12(10)16-8-11(13)14(18)21-4-2/h5-8H,3-4H2,1-2H3,(H,15,16). The van der Waals surface area contributed by atoms with Gasteiger partial charge in [0.25, 0.3) is 5.69 Å². The van der Waals surface area contributed by atoms with Gasteiger partial charge in [0, 0.05) is 30.3 Å². The maximum absolute atomic E-state index is 11.9. The third-order valence-corrected chi connectivity index (χ3v) is 2.91. The quantitative estimate of drug-likeness (QED) is 0.516.